The Morgan fingerprint density at radius 2 is 2.05 bits per heavy atom. The lowest BCUT2D eigenvalue weighted by molar-refractivity contribution is -0.117. The number of benzene rings is 1. The van der Waals surface area contributed by atoms with Gasteiger partial charge in [-0.15, -0.1) is 0 Å². The van der Waals surface area contributed by atoms with Gasteiger partial charge in [0.2, 0.25) is 5.91 Å². The second-order valence-electron chi connectivity index (χ2n) is 4.90. The van der Waals surface area contributed by atoms with Crippen molar-refractivity contribution in [1.82, 2.24) is 9.88 Å². The van der Waals surface area contributed by atoms with Crippen LogP contribution in [0.1, 0.15) is 11.1 Å². The topological polar surface area (TPSA) is 65.5 Å². The SMILES string of the molecule is CN(CC(=O)Nc1cnccc1CO)Cc1ccccc1. The van der Waals surface area contributed by atoms with E-state index in [1.807, 2.05) is 42.3 Å². The molecule has 1 amide bonds. The molecule has 0 fully saturated rings. The Morgan fingerprint density at radius 1 is 1.29 bits per heavy atom. The molecule has 0 saturated carbocycles. The molecule has 110 valence electrons. The zero-order valence-electron chi connectivity index (χ0n) is 12.0. The number of amides is 1. The molecule has 0 bridgehead atoms. The van der Waals surface area contributed by atoms with Crippen LogP contribution in [0.2, 0.25) is 0 Å². The van der Waals surface area contributed by atoms with Crippen molar-refractivity contribution >= 4 is 11.6 Å². The van der Waals surface area contributed by atoms with Gasteiger partial charge in [0.15, 0.2) is 0 Å². The highest BCUT2D eigenvalue weighted by Crippen LogP contribution is 2.13. The average Bonchev–Trinajstić information content (AvgIpc) is 2.48. The number of nitrogens with one attached hydrogen (secondary N) is 1. The van der Waals surface area contributed by atoms with E-state index in [1.165, 1.54) is 0 Å². The molecule has 21 heavy (non-hydrogen) atoms. The number of hydrogen-bond donors (Lipinski definition) is 2. The minimum Gasteiger partial charge on any atom is -0.392 e. The molecule has 0 atom stereocenters. The minimum atomic E-state index is -0.129. The van der Waals surface area contributed by atoms with Crippen LogP contribution in [0.4, 0.5) is 5.69 Å². The number of pyridine rings is 1. The molecule has 1 aromatic carbocycles. The Hall–Kier alpha value is -2.24. The first-order chi connectivity index (χ1) is 10.2. The standard InChI is InChI=1S/C16H19N3O2/c1-19(10-13-5-3-2-4-6-13)11-16(21)18-15-9-17-8-7-14(15)12-20/h2-9,20H,10-12H2,1H3,(H,18,21). The van der Waals surface area contributed by atoms with Crippen LogP contribution in [-0.4, -0.2) is 34.5 Å². The van der Waals surface area contributed by atoms with E-state index in [9.17, 15) is 9.90 Å². The number of aliphatic hydroxyl groups is 1. The third-order valence-corrected chi connectivity index (χ3v) is 3.06. The van der Waals surface area contributed by atoms with E-state index in [0.717, 1.165) is 5.56 Å². The van der Waals surface area contributed by atoms with Crippen LogP contribution in [0.3, 0.4) is 0 Å². The van der Waals surface area contributed by atoms with Crippen LogP contribution in [0, 0.1) is 0 Å². The molecule has 1 heterocycles. The molecule has 0 aliphatic rings. The van der Waals surface area contributed by atoms with Crippen molar-refractivity contribution in [3.8, 4) is 0 Å². The van der Waals surface area contributed by atoms with Crippen LogP contribution in [0.5, 0.6) is 0 Å². The van der Waals surface area contributed by atoms with Crippen molar-refractivity contribution in [2.75, 3.05) is 18.9 Å². The van der Waals surface area contributed by atoms with Gasteiger partial charge >= 0.3 is 0 Å². The lowest BCUT2D eigenvalue weighted by Gasteiger charge is -2.17. The normalized spacial score (nSPS) is 10.6. The molecular formula is C16H19N3O2. The number of nitrogens with zero attached hydrogens (tertiary/aromatic N) is 2. The molecule has 0 aliphatic heterocycles. The largest absolute Gasteiger partial charge is 0.392 e. The highest BCUT2D eigenvalue weighted by molar-refractivity contribution is 5.92. The van der Waals surface area contributed by atoms with Crippen LogP contribution < -0.4 is 5.32 Å². The first-order valence-corrected chi connectivity index (χ1v) is 6.75. The Bertz CT molecular complexity index is 587. The van der Waals surface area contributed by atoms with E-state index < -0.39 is 0 Å². The van der Waals surface area contributed by atoms with E-state index in [0.29, 0.717) is 17.8 Å². The monoisotopic (exact) mass is 285 g/mol. The van der Waals surface area contributed by atoms with E-state index >= 15 is 0 Å². The summed E-state index contributed by atoms with van der Waals surface area (Å²) in [6.45, 7) is 0.848. The first-order valence-electron chi connectivity index (χ1n) is 6.75. The van der Waals surface area contributed by atoms with E-state index in [2.05, 4.69) is 10.3 Å². The highest BCUT2D eigenvalue weighted by Gasteiger charge is 2.09. The zero-order valence-corrected chi connectivity index (χ0v) is 12.0. The number of aromatic nitrogens is 1. The fourth-order valence-electron chi connectivity index (χ4n) is 2.06. The second kappa shape index (κ2) is 7.52. The van der Waals surface area contributed by atoms with Crippen LogP contribution in [-0.2, 0) is 17.9 Å². The smallest absolute Gasteiger partial charge is 0.238 e. The van der Waals surface area contributed by atoms with E-state index in [4.69, 9.17) is 0 Å². The van der Waals surface area contributed by atoms with Gasteiger partial charge in [0, 0.05) is 18.3 Å². The predicted molar refractivity (Wildman–Crippen MR) is 81.6 cm³/mol. The summed E-state index contributed by atoms with van der Waals surface area (Å²) in [5.41, 5.74) is 2.37. The molecular weight excluding hydrogens is 266 g/mol. The molecule has 2 N–H and O–H groups in total. The Morgan fingerprint density at radius 3 is 2.76 bits per heavy atom. The maximum Gasteiger partial charge on any atom is 0.238 e. The summed E-state index contributed by atoms with van der Waals surface area (Å²) in [7, 11) is 1.89. The van der Waals surface area contributed by atoms with Gasteiger partial charge < -0.3 is 10.4 Å². The van der Waals surface area contributed by atoms with Crippen LogP contribution in [0.15, 0.2) is 48.8 Å². The Labute approximate surface area is 124 Å². The van der Waals surface area contributed by atoms with Crippen LogP contribution >= 0.6 is 0 Å². The van der Waals surface area contributed by atoms with Gasteiger partial charge in [-0.05, 0) is 18.7 Å². The average molecular weight is 285 g/mol. The fourth-order valence-corrected chi connectivity index (χ4v) is 2.06. The summed E-state index contributed by atoms with van der Waals surface area (Å²) < 4.78 is 0. The number of hydrogen-bond acceptors (Lipinski definition) is 4. The van der Waals surface area contributed by atoms with Gasteiger partial charge in [-0.1, -0.05) is 30.3 Å². The van der Waals surface area contributed by atoms with Gasteiger partial charge in [-0.2, -0.15) is 0 Å². The van der Waals surface area contributed by atoms with Crippen molar-refractivity contribution in [2.24, 2.45) is 0 Å². The molecule has 5 nitrogen and oxygen atoms in total. The molecule has 2 rings (SSSR count). The van der Waals surface area contributed by atoms with E-state index in [-0.39, 0.29) is 19.1 Å². The van der Waals surface area contributed by atoms with Crippen molar-refractivity contribution < 1.29 is 9.90 Å². The quantitative estimate of drug-likeness (QED) is 0.847. The molecule has 0 unspecified atom stereocenters. The summed E-state index contributed by atoms with van der Waals surface area (Å²) in [6, 6.07) is 11.7. The van der Waals surface area contributed by atoms with Gasteiger partial charge in [0.25, 0.3) is 0 Å². The maximum atomic E-state index is 12.0. The van der Waals surface area contributed by atoms with Crippen molar-refractivity contribution in [1.29, 1.82) is 0 Å². The summed E-state index contributed by atoms with van der Waals surface area (Å²) >= 11 is 0. The summed E-state index contributed by atoms with van der Waals surface area (Å²) in [5.74, 6) is -0.129. The Kier molecular flexibility index (Phi) is 5.43. The maximum absolute atomic E-state index is 12.0. The molecule has 0 radical (unpaired) electrons. The zero-order chi connectivity index (χ0) is 15.1. The highest BCUT2D eigenvalue weighted by atomic mass is 16.3. The lowest BCUT2D eigenvalue weighted by atomic mass is 10.2. The van der Waals surface area contributed by atoms with Crippen molar-refractivity contribution in [3.63, 3.8) is 0 Å². The molecule has 0 aliphatic carbocycles. The second-order valence-corrected chi connectivity index (χ2v) is 4.90. The molecule has 0 saturated heterocycles. The number of likely N-dealkylation sites (N-methyl/N-ethyl adjacent to an activating group) is 1. The molecule has 2 aromatic rings. The fraction of sp³-hybridized carbons (Fsp3) is 0.250. The van der Waals surface area contributed by atoms with Crippen molar-refractivity contribution in [2.45, 2.75) is 13.2 Å². The molecule has 1 aromatic heterocycles. The van der Waals surface area contributed by atoms with Gasteiger partial charge in [0.1, 0.15) is 0 Å². The molecule has 0 spiro atoms. The van der Waals surface area contributed by atoms with Gasteiger partial charge in [-0.3, -0.25) is 14.7 Å². The number of anilines is 1. The minimum absolute atomic E-state index is 0.127. The number of rotatable bonds is 6. The third-order valence-electron chi connectivity index (χ3n) is 3.06. The van der Waals surface area contributed by atoms with Gasteiger partial charge in [-0.25, -0.2) is 0 Å². The van der Waals surface area contributed by atoms with Crippen LogP contribution in [0.25, 0.3) is 0 Å². The Balaban J connectivity index is 1.89. The summed E-state index contributed by atoms with van der Waals surface area (Å²) in [6.07, 6.45) is 3.13. The summed E-state index contributed by atoms with van der Waals surface area (Å²) in [5, 5.41) is 12.0. The number of aliphatic hydroxyl groups excluding tert-OH is 1. The van der Waals surface area contributed by atoms with Gasteiger partial charge in [0.05, 0.1) is 25.0 Å². The third kappa shape index (κ3) is 4.66. The van der Waals surface area contributed by atoms with E-state index in [1.54, 1.807) is 18.5 Å². The number of carbonyl (C=O) groups excluding carboxylic acids is 1. The molecule has 5 heteroatoms. The van der Waals surface area contributed by atoms with Crippen molar-refractivity contribution in [3.05, 3.63) is 59.9 Å². The number of carbonyl (C=O) groups is 1. The first kappa shape index (κ1) is 15.2. The predicted octanol–water partition coefficient (Wildman–Crippen LogP) is 1.64. The lowest BCUT2D eigenvalue weighted by Crippen LogP contribution is -2.30. The summed E-state index contributed by atoms with van der Waals surface area (Å²) in [4.78, 5) is 17.9.